The van der Waals surface area contributed by atoms with E-state index in [1.54, 1.807) is 22.3 Å². The summed E-state index contributed by atoms with van der Waals surface area (Å²) in [6.45, 7) is 0.133. The Morgan fingerprint density at radius 1 is 1.63 bits per heavy atom. The Labute approximate surface area is 114 Å². The molecule has 2 N–H and O–H groups in total. The van der Waals surface area contributed by atoms with Gasteiger partial charge in [0.1, 0.15) is 12.9 Å². The maximum absolute atomic E-state index is 11.9. The maximum Gasteiger partial charge on any atom is 0.252 e. The second-order valence-corrected chi connectivity index (χ2v) is 4.61. The van der Waals surface area contributed by atoms with Gasteiger partial charge >= 0.3 is 0 Å². The number of aliphatic hydroxyl groups excluding tert-OH is 1. The fraction of sp³-hybridized carbons (Fsp3) is 0.250. The molecular weight excluding hydrogens is 264 g/mol. The van der Waals surface area contributed by atoms with Crippen LogP contribution in [0.4, 0.5) is 0 Å². The predicted molar refractivity (Wildman–Crippen MR) is 70.5 cm³/mol. The lowest BCUT2D eigenvalue weighted by Crippen LogP contribution is -2.23. The van der Waals surface area contributed by atoms with E-state index in [4.69, 9.17) is 5.11 Å². The molecule has 19 heavy (non-hydrogen) atoms. The van der Waals surface area contributed by atoms with Crippen molar-refractivity contribution in [1.82, 2.24) is 20.1 Å². The highest BCUT2D eigenvalue weighted by Crippen LogP contribution is 2.13. The molecule has 0 radical (unpaired) electrons. The van der Waals surface area contributed by atoms with E-state index in [0.29, 0.717) is 17.9 Å². The molecule has 2 rings (SSSR count). The van der Waals surface area contributed by atoms with Crippen LogP contribution in [0, 0.1) is 11.8 Å². The Kier molecular flexibility index (Phi) is 4.28. The third-order valence-corrected chi connectivity index (χ3v) is 3.21. The van der Waals surface area contributed by atoms with Gasteiger partial charge in [-0.15, -0.1) is 21.5 Å². The Morgan fingerprint density at radius 3 is 3.16 bits per heavy atom. The largest absolute Gasteiger partial charge is 0.384 e. The molecule has 0 saturated heterocycles. The summed E-state index contributed by atoms with van der Waals surface area (Å²) in [5.41, 5.74) is 0.550. The average Bonchev–Trinajstić information content (AvgIpc) is 3.03. The Bertz CT molecular complexity index is 635. The van der Waals surface area contributed by atoms with Crippen molar-refractivity contribution in [3.05, 3.63) is 34.0 Å². The number of rotatable bonds is 3. The van der Waals surface area contributed by atoms with Crippen LogP contribution in [0.2, 0.25) is 0 Å². The molecule has 0 aromatic carbocycles. The van der Waals surface area contributed by atoms with Crippen LogP contribution in [-0.2, 0) is 13.6 Å². The number of carbonyl (C=O) groups is 1. The lowest BCUT2D eigenvalue weighted by Gasteiger charge is -2.02. The normalized spacial score (nSPS) is 9.79. The van der Waals surface area contributed by atoms with Crippen LogP contribution in [0.25, 0.3) is 0 Å². The van der Waals surface area contributed by atoms with E-state index in [0.717, 1.165) is 4.88 Å². The lowest BCUT2D eigenvalue weighted by molar-refractivity contribution is 0.0950. The smallest absolute Gasteiger partial charge is 0.252 e. The minimum atomic E-state index is -0.189. The van der Waals surface area contributed by atoms with Crippen LogP contribution < -0.4 is 5.32 Å². The number of nitrogens with zero attached hydrogens (tertiary/aromatic N) is 3. The highest BCUT2D eigenvalue weighted by Gasteiger charge is 2.09. The van der Waals surface area contributed by atoms with Crippen molar-refractivity contribution < 1.29 is 9.90 Å². The standard InChI is InChI=1S/C12H12N4O2S/c1-16-8-14-15-11(16)6-13-12(18)9-5-10(19-7-9)3-2-4-17/h5,7-8,17H,4,6H2,1H3,(H,13,18). The number of amides is 1. The Hall–Kier alpha value is -2.17. The summed E-state index contributed by atoms with van der Waals surface area (Å²) in [7, 11) is 1.81. The second-order valence-electron chi connectivity index (χ2n) is 3.70. The summed E-state index contributed by atoms with van der Waals surface area (Å²) in [6, 6.07) is 1.69. The minimum absolute atomic E-state index is 0.184. The van der Waals surface area contributed by atoms with Gasteiger partial charge in [0.2, 0.25) is 0 Å². The molecule has 0 aliphatic carbocycles. The van der Waals surface area contributed by atoms with Crippen molar-refractivity contribution in [2.45, 2.75) is 6.54 Å². The van der Waals surface area contributed by atoms with Crippen LogP contribution in [-0.4, -0.2) is 32.4 Å². The molecule has 7 heteroatoms. The molecule has 2 aromatic heterocycles. The van der Waals surface area contributed by atoms with Crippen molar-refractivity contribution in [3.8, 4) is 11.8 Å². The highest BCUT2D eigenvalue weighted by molar-refractivity contribution is 7.10. The number of thiophene rings is 1. The third-order valence-electron chi connectivity index (χ3n) is 2.36. The van der Waals surface area contributed by atoms with Gasteiger partial charge in [0.05, 0.1) is 17.0 Å². The first-order chi connectivity index (χ1) is 9.20. The number of aromatic nitrogens is 3. The van der Waals surface area contributed by atoms with Gasteiger partial charge in [0.25, 0.3) is 5.91 Å². The fourth-order valence-electron chi connectivity index (χ4n) is 1.38. The molecule has 6 nitrogen and oxygen atoms in total. The zero-order valence-electron chi connectivity index (χ0n) is 10.3. The van der Waals surface area contributed by atoms with Crippen molar-refractivity contribution in [1.29, 1.82) is 0 Å². The van der Waals surface area contributed by atoms with Gasteiger partial charge < -0.3 is 15.0 Å². The van der Waals surface area contributed by atoms with Gasteiger partial charge in [-0.25, -0.2) is 0 Å². The van der Waals surface area contributed by atoms with E-state index < -0.39 is 0 Å². The fourth-order valence-corrected chi connectivity index (χ4v) is 2.13. The molecule has 0 atom stereocenters. The first-order valence-electron chi connectivity index (χ1n) is 5.50. The van der Waals surface area contributed by atoms with Crippen LogP contribution >= 0.6 is 11.3 Å². The van der Waals surface area contributed by atoms with E-state index in [1.165, 1.54) is 11.3 Å². The van der Waals surface area contributed by atoms with E-state index in [-0.39, 0.29) is 12.5 Å². The van der Waals surface area contributed by atoms with Gasteiger partial charge in [0, 0.05) is 12.4 Å². The van der Waals surface area contributed by atoms with E-state index in [9.17, 15) is 4.79 Å². The van der Waals surface area contributed by atoms with Crippen molar-refractivity contribution in [2.24, 2.45) is 7.05 Å². The molecule has 0 aliphatic rings. The zero-order valence-corrected chi connectivity index (χ0v) is 11.1. The van der Waals surface area contributed by atoms with Crippen molar-refractivity contribution in [2.75, 3.05) is 6.61 Å². The number of aliphatic hydroxyl groups is 1. The first kappa shape index (κ1) is 13.3. The van der Waals surface area contributed by atoms with E-state index in [2.05, 4.69) is 27.4 Å². The number of aryl methyl sites for hydroxylation is 1. The Morgan fingerprint density at radius 2 is 2.47 bits per heavy atom. The summed E-state index contributed by atoms with van der Waals surface area (Å²) in [5, 5.41) is 20.7. The molecule has 98 valence electrons. The number of hydrogen-bond donors (Lipinski definition) is 2. The van der Waals surface area contributed by atoms with Crippen LogP contribution in [0.5, 0.6) is 0 Å². The minimum Gasteiger partial charge on any atom is -0.384 e. The number of hydrogen-bond acceptors (Lipinski definition) is 5. The molecule has 0 unspecified atom stereocenters. The van der Waals surface area contributed by atoms with Crippen LogP contribution in [0.3, 0.4) is 0 Å². The average molecular weight is 276 g/mol. The van der Waals surface area contributed by atoms with Gasteiger partial charge in [-0.2, -0.15) is 0 Å². The monoisotopic (exact) mass is 276 g/mol. The Balaban J connectivity index is 1.96. The van der Waals surface area contributed by atoms with Crippen LogP contribution in [0.1, 0.15) is 21.1 Å². The second kappa shape index (κ2) is 6.13. The van der Waals surface area contributed by atoms with Gasteiger partial charge in [-0.05, 0) is 6.07 Å². The van der Waals surface area contributed by atoms with Gasteiger partial charge in [0.15, 0.2) is 5.82 Å². The quantitative estimate of drug-likeness (QED) is 0.782. The number of carbonyl (C=O) groups excluding carboxylic acids is 1. The van der Waals surface area contributed by atoms with E-state index >= 15 is 0 Å². The molecule has 2 aromatic rings. The molecule has 0 fully saturated rings. The third kappa shape index (κ3) is 3.40. The predicted octanol–water partition coefficient (Wildman–Crippen LogP) is 0.150. The summed E-state index contributed by atoms with van der Waals surface area (Å²) >= 11 is 1.37. The maximum atomic E-state index is 11.9. The van der Waals surface area contributed by atoms with E-state index in [1.807, 2.05) is 7.05 Å². The number of nitrogens with one attached hydrogen (secondary N) is 1. The van der Waals surface area contributed by atoms with Gasteiger partial charge in [-0.3, -0.25) is 4.79 Å². The summed E-state index contributed by atoms with van der Waals surface area (Å²) in [5.74, 6) is 5.80. The summed E-state index contributed by atoms with van der Waals surface area (Å²) in [4.78, 5) is 12.6. The molecule has 2 heterocycles. The molecule has 0 aliphatic heterocycles. The van der Waals surface area contributed by atoms with Gasteiger partial charge in [-0.1, -0.05) is 11.8 Å². The topological polar surface area (TPSA) is 80.0 Å². The summed E-state index contributed by atoms with van der Waals surface area (Å²) in [6.07, 6.45) is 1.58. The molecule has 0 saturated carbocycles. The SMILES string of the molecule is Cn1cnnc1CNC(=O)c1csc(C#CCO)c1. The van der Waals surface area contributed by atoms with Crippen molar-refractivity contribution >= 4 is 17.2 Å². The highest BCUT2D eigenvalue weighted by atomic mass is 32.1. The molecular formula is C12H12N4O2S. The zero-order chi connectivity index (χ0) is 13.7. The van der Waals surface area contributed by atoms with Crippen LogP contribution in [0.15, 0.2) is 17.8 Å². The van der Waals surface area contributed by atoms with Crippen molar-refractivity contribution in [3.63, 3.8) is 0 Å². The summed E-state index contributed by atoms with van der Waals surface area (Å²) < 4.78 is 1.74. The first-order valence-corrected chi connectivity index (χ1v) is 6.38. The molecule has 1 amide bonds. The lowest BCUT2D eigenvalue weighted by atomic mass is 10.3. The molecule has 0 bridgehead atoms. The molecule has 0 spiro atoms.